The summed E-state index contributed by atoms with van der Waals surface area (Å²) in [5, 5.41) is 0. The summed E-state index contributed by atoms with van der Waals surface area (Å²) >= 11 is 0. The maximum Gasteiger partial charge on any atom is 0.338 e. The Kier molecular flexibility index (Phi) is 8.29. The second-order valence-electron chi connectivity index (χ2n) is 7.37. The van der Waals surface area contributed by atoms with Gasteiger partial charge in [0, 0.05) is 20.2 Å². The Hall–Kier alpha value is -3.06. The van der Waals surface area contributed by atoms with E-state index < -0.39 is 5.97 Å². The molecular formula is C24H29NO6. The van der Waals surface area contributed by atoms with Crippen molar-refractivity contribution in [3.63, 3.8) is 0 Å². The fourth-order valence-electron chi connectivity index (χ4n) is 3.19. The summed E-state index contributed by atoms with van der Waals surface area (Å²) in [7, 11) is 1.67. The number of amides is 1. The number of esters is 1. The lowest BCUT2D eigenvalue weighted by Crippen LogP contribution is -2.30. The molecule has 1 aliphatic heterocycles. The number of carbonyl (C=O) groups excluding carboxylic acids is 2. The Bertz CT molecular complexity index is 843. The van der Waals surface area contributed by atoms with Gasteiger partial charge in [0.2, 0.25) is 0 Å². The smallest absolute Gasteiger partial charge is 0.338 e. The van der Waals surface area contributed by atoms with Crippen LogP contribution >= 0.6 is 0 Å². The number of nitrogens with zero attached hydrogens (tertiary/aromatic N) is 1. The molecule has 0 bridgehead atoms. The number of rotatable bonds is 10. The van der Waals surface area contributed by atoms with Gasteiger partial charge >= 0.3 is 5.97 Å². The third-order valence-corrected chi connectivity index (χ3v) is 4.96. The van der Waals surface area contributed by atoms with Crippen LogP contribution in [0.3, 0.4) is 0 Å². The van der Waals surface area contributed by atoms with Gasteiger partial charge in [0.1, 0.15) is 18.1 Å². The van der Waals surface area contributed by atoms with Gasteiger partial charge in [-0.05, 0) is 61.7 Å². The predicted octanol–water partition coefficient (Wildman–Crippen LogP) is 3.46. The fourth-order valence-corrected chi connectivity index (χ4v) is 3.19. The summed E-state index contributed by atoms with van der Waals surface area (Å²) in [5.41, 5.74) is 1.33. The zero-order chi connectivity index (χ0) is 22.1. The van der Waals surface area contributed by atoms with Crippen LogP contribution in [0.5, 0.6) is 11.5 Å². The number of hydrogen-bond donors (Lipinski definition) is 0. The lowest BCUT2D eigenvalue weighted by molar-refractivity contribution is -0.133. The second-order valence-corrected chi connectivity index (χ2v) is 7.37. The van der Waals surface area contributed by atoms with Gasteiger partial charge in [-0.2, -0.15) is 0 Å². The van der Waals surface area contributed by atoms with Crippen LogP contribution in [0.15, 0.2) is 48.5 Å². The van der Waals surface area contributed by atoms with Gasteiger partial charge in [-0.15, -0.1) is 0 Å². The molecule has 0 N–H and O–H groups in total. The van der Waals surface area contributed by atoms with E-state index >= 15 is 0 Å². The van der Waals surface area contributed by atoms with Crippen molar-refractivity contribution in [1.82, 2.24) is 4.90 Å². The third-order valence-electron chi connectivity index (χ3n) is 4.96. The van der Waals surface area contributed by atoms with Crippen molar-refractivity contribution < 1.29 is 28.5 Å². The molecule has 1 amide bonds. The lowest BCUT2D eigenvalue weighted by Gasteiger charge is -2.17. The molecule has 2 aromatic rings. The molecule has 7 nitrogen and oxygen atoms in total. The molecule has 1 saturated heterocycles. The van der Waals surface area contributed by atoms with E-state index in [4.69, 9.17) is 18.9 Å². The standard InChI is InChI=1S/C24H29NO6/c1-3-28-20-10-6-18(7-11-20)15-25(2)23(26)17-31-24(27)19-8-12-21(13-9-19)30-16-22-5-4-14-29-22/h6-13,22H,3-5,14-17H2,1-2H3/t22-/m0/s1. The molecule has 0 saturated carbocycles. The number of likely N-dealkylation sites (N-methyl/N-ethyl adjacent to an activating group) is 1. The fraction of sp³-hybridized carbons (Fsp3) is 0.417. The van der Waals surface area contributed by atoms with Crippen molar-refractivity contribution in [2.24, 2.45) is 0 Å². The highest BCUT2D eigenvalue weighted by molar-refractivity contribution is 5.91. The second kappa shape index (κ2) is 11.4. The van der Waals surface area contributed by atoms with Crippen molar-refractivity contribution in [1.29, 1.82) is 0 Å². The van der Waals surface area contributed by atoms with Crippen molar-refractivity contribution in [2.45, 2.75) is 32.4 Å². The first-order valence-corrected chi connectivity index (χ1v) is 10.5. The summed E-state index contributed by atoms with van der Waals surface area (Å²) in [6, 6.07) is 14.2. The third kappa shape index (κ3) is 7.00. The normalized spacial score (nSPS) is 15.4. The minimum absolute atomic E-state index is 0.134. The van der Waals surface area contributed by atoms with Crippen molar-refractivity contribution >= 4 is 11.9 Å². The molecule has 1 aliphatic rings. The summed E-state index contributed by atoms with van der Waals surface area (Å²) in [5.74, 6) is 0.628. The highest BCUT2D eigenvalue weighted by atomic mass is 16.5. The SMILES string of the molecule is CCOc1ccc(CN(C)C(=O)COC(=O)c2ccc(OC[C@@H]3CCCO3)cc2)cc1. The number of hydrogen-bond acceptors (Lipinski definition) is 6. The Morgan fingerprint density at radius 1 is 1.03 bits per heavy atom. The first-order valence-electron chi connectivity index (χ1n) is 10.5. The highest BCUT2D eigenvalue weighted by Gasteiger charge is 2.17. The van der Waals surface area contributed by atoms with Crippen molar-refractivity contribution in [2.75, 3.05) is 33.5 Å². The van der Waals surface area contributed by atoms with Crippen LogP contribution in [0.25, 0.3) is 0 Å². The maximum atomic E-state index is 12.3. The number of carbonyl (C=O) groups is 2. The zero-order valence-electron chi connectivity index (χ0n) is 18.0. The monoisotopic (exact) mass is 427 g/mol. The average molecular weight is 427 g/mol. The molecule has 0 spiro atoms. The molecule has 2 aromatic carbocycles. The van der Waals surface area contributed by atoms with Crippen LogP contribution in [0.2, 0.25) is 0 Å². The zero-order valence-corrected chi connectivity index (χ0v) is 18.0. The molecule has 3 rings (SSSR count). The van der Waals surface area contributed by atoms with E-state index in [9.17, 15) is 9.59 Å². The van der Waals surface area contributed by atoms with Gasteiger partial charge in [0.25, 0.3) is 5.91 Å². The van der Waals surface area contributed by atoms with Crippen LogP contribution in [-0.4, -0.2) is 56.4 Å². The van der Waals surface area contributed by atoms with Crippen molar-refractivity contribution in [3.8, 4) is 11.5 Å². The summed E-state index contributed by atoms with van der Waals surface area (Å²) in [6.45, 7) is 3.92. The summed E-state index contributed by atoms with van der Waals surface area (Å²) in [4.78, 5) is 26.1. The van der Waals surface area contributed by atoms with E-state index in [2.05, 4.69) is 0 Å². The molecule has 31 heavy (non-hydrogen) atoms. The molecular weight excluding hydrogens is 398 g/mol. The molecule has 1 atom stereocenters. The van der Waals surface area contributed by atoms with Crippen LogP contribution in [0, 0.1) is 0 Å². The quantitative estimate of drug-likeness (QED) is 0.541. The van der Waals surface area contributed by atoms with E-state index in [0.29, 0.717) is 31.1 Å². The van der Waals surface area contributed by atoms with E-state index in [0.717, 1.165) is 30.8 Å². The van der Waals surface area contributed by atoms with Crippen LogP contribution in [-0.2, 0) is 20.8 Å². The Labute approximate surface area is 182 Å². The van der Waals surface area contributed by atoms with E-state index in [1.54, 1.807) is 31.3 Å². The van der Waals surface area contributed by atoms with E-state index in [1.807, 2.05) is 31.2 Å². The molecule has 7 heteroatoms. The van der Waals surface area contributed by atoms with Gasteiger partial charge in [0.15, 0.2) is 6.61 Å². The predicted molar refractivity (Wildman–Crippen MR) is 115 cm³/mol. The molecule has 1 fully saturated rings. The van der Waals surface area contributed by atoms with Crippen LogP contribution < -0.4 is 9.47 Å². The van der Waals surface area contributed by atoms with Crippen LogP contribution in [0.1, 0.15) is 35.7 Å². The topological polar surface area (TPSA) is 74.3 Å². The number of ether oxygens (including phenoxy) is 4. The van der Waals surface area contributed by atoms with Gasteiger partial charge in [-0.3, -0.25) is 4.79 Å². The first-order chi connectivity index (χ1) is 15.0. The number of benzene rings is 2. The maximum absolute atomic E-state index is 12.3. The average Bonchev–Trinajstić information content (AvgIpc) is 3.31. The van der Waals surface area contributed by atoms with E-state index in [-0.39, 0.29) is 18.6 Å². The van der Waals surface area contributed by atoms with Gasteiger partial charge in [-0.25, -0.2) is 4.79 Å². The van der Waals surface area contributed by atoms with Gasteiger partial charge < -0.3 is 23.8 Å². The highest BCUT2D eigenvalue weighted by Crippen LogP contribution is 2.17. The molecule has 0 aliphatic carbocycles. The Morgan fingerprint density at radius 3 is 2.35 bits per heavy atom. The summed E-state index contributed by atoms with van der Waals surface area (Å²) in [6.07, 6.45) is 2.20. The first kappa shape index (κ1) is 22.6. The Balaban J connectivity index is 1.41. The van der Waals surface area contributed by atoms with Crippen LogP contribution in [0.4, 0.5) is 0 Å². The lowest BCUT2D eigenvalue weighted by atomic mass is 10.2. The molecule has 0 aromatic heterocycles. The summed E-state index contributed by atoms with van der Waals surface area (Å²) < 4.78 is 21.8. The van der Waals surface area contributed by atoms with Crippen molar-refractivity contribution in [3.05, 3.63) is 59.7 Å². The van der Waals surface area contributed by atoms with E-state index in [1.165, 1.54) is 4.90 Å². The molecule has 1 heterocycles. The Morgan fingerprint density at radius 2 is 1.71 bits per heavy atom. The van der Waals surface area contributed by atoms with Gasteiger partial charge in [0.05, 0.1) is 18.3 Å². The molecule has 0 unspecified atom stereocenters. The largest absolute Gasteiger partial charge is 0.494 e. The van der Waals surface area contributed by atoms with Gasteiger partial charge in [-0.1, -0.05) is 12.1 Å². The minimum atomic E-state index is -0.548. The minimum Gasteiger partial charge on any atom is -0.494 e. The molecule has 0 radical (unpaired) electrons. The molecule has 166 valence electrons.